The maximum atomic E-state index is 13.0. The molecule has 1 aliphatic rings. The summed E-state index contributed by atoms with van der Waals surface area (Å²) in [4.78, 5) is 19.1. The summed E-state index contributed by atoms with van der Waals surface area (Å²) in [5.41, 5.74) is 1.55. The van der Waals surface area contributed by atoms with Crippen LogP contribution in [0.15, 0.2) is 23.1 Å². The first kappa shape index (κ1) is 18.5. The number of hydrogen-bond donors (Lipinski definition) is 0. The lowest BCUT2D eigenvalue weighted by atomic mass is 10.2. The summed E-state index contributed by atoms with van der Waals surface area (Å²) >= 11 is 18.7. The molecule has 1 aromatic heterocycles. The maximum Gasteiger partial charge on any atom is 0.294 e. The van der Waals surface area contributed by atoms with Crippen molar-refractivity contribution in [3.05, 3.63) is 49.4 Å². The fraction of sp³-hybridized carbons (Fsp3) is 0.412. The molecule has 25 heavy (non-hydrogen) atoms. The van der Waals surface area contributed by atoms with Gasteiger partial charge >= 0.3 is 0 Å². The molecule has 0 amide bonds. The van der Waals surface area contributed by atoms with Crippen molar-refractivity contribution in [3.8, 4) is 0 Å². The lowest BCUT2D eigenvalue weighted by molar-refractivity contribution is 0.151. The summed E-state index contributed by atoms with van der Waals surface area (Å²) in [7, 11) is 1.61. The van der Waals surface area contributed by atoms with E-state index in [1.54, 1.807) is 23.9 Å². The second-order valence-electron chi connectivity index (χ2n) is 5.91. The van der Waals surface area contributed by atoms with Gasteiger partial charge in [0.25, 0.3) is 5.56 Å². The molecule has 0 bridgehead atoms. The summed E-state index contributed by atoms with van der Waals surface area (Å²) in [5.74, 6) is 0.269. The van der Waals surface area contributed by atoms with Crippen molar-refractivity contribution in [3.63, 3.8) is 0 Å². The van der Waals surface area contributed by atoms with Gasteiger partial charge in [0.1, 0.15) is 5.15 Å². The van der Waals surface area contributed by atoms with E-state index < -0.39 is 0 Å². The zero-order valence-electron chi connectivity index (χ0n) is 13.9. The van der Waals surface area contributed by atoms with Gasteiger partial charge in [0.2, 0.25) is 5.82 Å². The van der Waals surface area contributed by atoms with Crippen LogP contribution in [0, 0.1) is 0 Å². The molecule has 0 saturated heterocycles. The smallest absolute Gasteiger partial charge is 0.294 e. The number of anilines is 2. The standard InChI is InChI=1S/C17H18Cl3N3O2/c1-3-12(9-25-2)23-8-14(20)21-16(17(23)24)22-5-4-10-6-11(18)7-13(19)15(10)22/h6-8,12H,3-5,9H2,1-2H3/t12-/m0/s1. The number of halogens is 3. The average molecular weight is 403 g/mol. The lowest BCUT2D eigenvalue weighted by Gasteiger charge is -2.23. The van der Waals surface area contributed by atoms with Crippen LogP contribution in [0.4, 0.5) is 11.5 Å². The summed E-state index contributed by atoms with van der Waals surface area (Å²) in [6, 6.07) is 3.42. The fourth-order valence-corrected chi connectivity index (χ4v) is 3.99. The van der Waals surface area contributed by atoms with Crippen molar-refractivity contribution in [1.82, 2.24) is 9.55 Å². The van der Waals surface area contributed by atoms with Crippen molar-refractivity contribution < 1.29 is 4.74 Å². The molecule has 0 radical (unpaired) electrons. The molecule has 8 heteroatoms. The van der Waals surface area contributed by atoms with Crippen molar-refractivity contribution in [2.24, 2.45) is 0 Å². The quantitative estimate of drug-likeness (QED) is 0.739. The number of benzene rings is 1. The van der Waals surface area contributed by atoms with E-state index in [1.165, 1.54) is 0 Å². The Bertz CT molecular complexity index is 854. The third-order valence-corrected chi connectivity index (χ3v) is 5.03. The highest BCUT2D eigenvalue weighted by Crippen LogP contribution is 2.40. The van der Waals surface area contributed by atoms with E-state index in [-0.39, 0.29) is 22.6 Å². The highest BCUT2D eigenvalue weighted by atomic mass is 35.5. The van der Waals surface area contributed by atoms with Crippen LogP contribution in [0.2, 0.25) is 15.2 Å². The molecule has 0 unspecified atom stereocenters. The van der Waals surface area contributed by atoms with E-state index in [2.05, 4.69) is 4.98 Å². The van der Waals surface area contributed by atoms with Gasteiger partial charge in [-0.05, 0) is 30.5 Å². The number of rotatable bonds is 5. The highest BCUT2D eigenvalue weighted by Gasteiger charge is 2.28. The minimum atomic E-state index is -0.216. The number of hydrogen-bond acceptors (Lipinski definition) is 4. The third kappa shape index (κ3) is 3.51. The Balaban J connectivity index is 2.12. The van der Waals surface area contributed by atoms with E-state index in [9.17, 15) is 4.79 Å². The second-order valence-corrected chi connectivity index (χ2v) is 7.14. The topological polar surface area (TPSA) is 47.4 Å². The van der Waals surface area contributed by atoms with Gasteiger partial charge in [0, 0.05) is 24.9 Å². The Morgan fingerprint density at radius 2 is 2.08 bits per heavy atom. The number of methoxy groups -OCH3 is 1. The molecule has 0 aliphatic carbocycles. The Hall–Kier alpha value is -1.27. The van der Waals surface area contributed by atoms with Gasteiger partial charge in [-0.3, -0.25) is 4.79 Å². The first-order valence-electron chi connectivity index (χ1n) is 7.99. The molecule has 0 spiro atoms. The molecule has 5 nitrogen and oxygen atoms in total. The molecule has 2 aromatic rings. The predicted molar refractivity (Wildman–Crippen MR) is 102 cm³/mol. The van der Waals surface area contributed by atoms with Gasteiger partial charge in [0.05, 0.1) is 23.4 Å². The SMILES string of the molecule is CC[C@@H](COC)n1cc(Cl)nc(N2CCc3cc(Cl)cc(Cl)c32)c1=O. The monoisotopic (exact) mass is 401 g/mol. The summed E-state index contributed by atoms with van der Waals surface area (Å²) < 4.78 is 6.82. The van der Waals surface area contributed by atoms with Crippen LogP contribution in [0.1, 0.15) is 24.9 Å². The van der Waals surface area contributed by atoms with Crippen LogP contribution >= 0.6 is 34.8 Å². The Morgan fingerprint density at radius 1 is 1.32 bits per heavy atom. The molecule has 2 heterocycles. The highest BCUT2D eigenvalue weighted by molar-refractivity contribution is 6.37. The molecule has 3 rings (SSSR count). The molecule has 134 valence electrons. The number of ether oxygens (including phenoxy) is 1. The normalized spacial score (nSPS) is 14.7. The van der Waals surface area contributed by atoms with Crippen molar-refractivity contribution >= 4 is 46.3 Å². The summed E-state index contributed by atoms with van der Waals surface area (Å²) in [5, 5.41) is 1.33. The molecule has 1 atom stereocenters. The zero-order chi connectivity index (χ0) is 18.1. The van der Waals surface area contributed by atoms with E-state index in [0.717, 1.165) is 24.1 Å². The summed E-state index contributed by atoms with van der Waals surface area (Å²) in [6.45, 7) is 3.01. The lowest BCUT2D eigenvalue weighted by Crippen LogP contribution is -2.33. The maximum absolute atomic E-state index is 13.0. The van der Waals surface area contributed by atoms with Gasteiger partial charge in [-0.15, -0.1) is 0 Å². The van der Waals surface area contributed by atoms with E-state index in [0.29, 0.717) is 23.2 Å². The van der Waals surface area contributed by atoms with Gasteiger partial charge in [-0.2, -0.15) is 0 Å². The van der Waals surface area contributed by atoms with Gasteiger partial charge in [0.15, 0.2) is 0 Å². The first-order valence-corrected chi connectivity index (χ1v) is 9.12. The average Bonchev–Trinajstić information content (AvgIpc) is 2.98. The van der Waals surface area contributed by atoms with Crippen LogP contribution in [0.25, 0.3) is 0 Å². The third-order valence-electron chi connectivity index (χ3n) is 4.35. The molecule has 0 N–H and O–H groups in total. The van der Waals surface area contributed by atoms with Crippen LogP contribution < -0.4 is 10.5 Å². The van der Waals surface area contributed by atoms with Crippen LogP contribution in [0.5, 0.6) is 0 Å². The van der Waals surface area contributed by atoms with Gasteiger partial charge in [-0.1, -0.05) is 41.7 Å². The number of nitrogens with zero attached hydrogens (tertiary/aromatic N) is 3. The Labute approximate surface area is 161 Å². The van der Waals surface area contributed by atoms with E-state index in [4.69, 9.17) is 39.5 Å². The fourth-order valence-electron chi connectivity index (χ4n) is 3.17. The number of fused-ring (bicyclic) bond motifs is 1. The zero-order valence-corrected chi connectivity index (χ0v) is 16.2. The Kier molecular flexibility index (Phi) is 5.58. The molecule has 1 aromatic carbocycles. The van der Waals surface area contributed by atoms with Gasteiger partial charge in [-0.25, -0.2) is 4.98 Å². The number of aromatic nitrogens is 2. The molecule has 1 aliphatic heterocycles. The van der Waals surface area contributed by atoms with E-state index in [1.807, 2.05) is 17.9 Å². The van der Waals surface area contributed by atoms with E-state index >= 15 is 0 Å². The van der Waals surface area contributed by atoms with Gasteiger partial charge < -0.3 is 14.2 Å². The first-order chi connectivity index (χ1) is 12.0. The predicted octanol–water partition coefficient (Wildman–Crippen LogP) is 4.50. The van der Waals surface area contributed by atoms with Crippen molar-refractivity contribution in [2.75, 3.05) is 25.2 Å². The van der Waals surface area contributed by atoms with Crippen LogP contribution in [-0.2, 0) is 11.2 Å². The van der Waals surface area contributed by atoms with Crippen LogP contribution in [-0.4, -0.2) is 29.8 Å². The molecular formula is C17H18Cl3N3O2. The molecule has 0 saturated carbocycles. The van der Waals surface area contributed by atoms with Crippen molar-refractivity contribution in [2.45, 2.75) is 25.8 Å². The van der Waals surface area contributed by atoms with Crippen LogP contribution in [0.3, 0.4) is 0 Å². The molecular weight excluding hydrogens is 385 g/mol. The minimum absolute atomic E-state index is 0.112. The second kappa shape index (κ2) is 7.54. The summed E-state index contributed by atoms with van der Waals surface area (Å²) in [6.07, 6.45) is 3.03. The minimum Gasteiger partial charge on any atom is -0.383 e. The largest absolute Gasteiger partial charge is 0.383 e. The van der Waals surface area contributed by atoms with Crippen molar-refractivity contribution in [1.29, 1.82) is 0 Å². The Morgan fingerprint density at radius 3 is 2.76 bits per heavy atom. The molecule has 0 fully saturated rings.